The van der Waals surface area contributed by atoms with Crippen LogP contribution in [0.2, 0.25) is 0 Å². The molecule has 2 aliphatic heterocycles. The van der Waals surface area contributed by atoms with Gasteiger partial charge in [0.15, 0.2) is 0 Å². The molecule has 0 aliphatic carbocycles. The van der Waals surface area contributed by atoms with Crippen LogP contribution in [0.25, 0.3) is 0 Å². The molecule has 2 rings (SSSR count). The Morgan fingerprint density at radius 2 is 1.95 bits per heavy atom. The third kappa shape index (κ3) is 4.90. The summed E-state index contributed by atoms with van der Waals surface area (Å²) in [7, 11) is 0. The van der Waals surface area contributed by atoms with Gasteiger partial charge in [-0.1, -0.05) is 26.8 Å². The van der Waals surface area contributed by atoms with Gasteiger partial charge in [-0.3, -0.25) is 9.80 Å². The van der Waals surface area contributed by atoms with Crippen molar-refractivity contribution in [1.29, 1.82) is 0 Å². The van der Waals surface area contributed by atoms with Gasteiger partial charge in [-0.2, -0.15) is 0 Å². The van der Waals surface area contributed by atoms with E-state index in [1.165, 1.54) is 57.4 Å². The largest absolute Gasteiger partial charge is 0.311 e. The molecule has 2 heterocycles. The molecule has 0 radical (unpaired) electrons. The lowest BCUT2D eigenvalue weighted by Crippen LogP contribution is -2.41. The Kier molecular flexibility index (Phi) is 5.86. The van der Waals surface area contributed by atoms with E-state index in [-0.39, 0.29) is 0 Å². The lowest BCUT2D eigenvalue weighted by molar-refractivity contribution is 0.163. The highest BCUT2D eigenvalue weighted by Crippen LogP contribution is 2.20. The van der Waals surface area contributed by atoms with Crippen LogP contribution in [0.4, 0.5) is 0 Å². The number of nitrogens with one attached hydrogen (secondary N) is 1. The van der Waals surface area contributed by atoms with Crippen LogP contribution in [0.5, 0.6) is 0 Å². The van der Waals surface area contributed by atoms with E-state index in [0.717, 1.165) is 19.1 Å². The van der Waals surface area contributed by atoms with E-state index < -0.39 is 0 Å². The van der Waals surface area contributed by atoms with Gasteiger partial charge < -0.3 is 5.32 Å². The second-order valence-electron chi connectivity index (χ2n) is 6.56. The molecule has 0 bridgehead atoms. The normalized spacial score (nSPS) is 26.2. The van der Waals surface area contributed by atoms with Crippen molar-refractivity contribution < 1.29 is 0 Å². The fourth-order valence-electron chi connectivity index (χ4n) is 3.26. The zero-order valence-electron chi connectivity index (χ0n) is 12.8. The zero-order valence-corrected chi connectivity index (χ0v) is 12.8. The summed E-state index contributed by atoms with van der Waals surface area (Å²) in [5, 5.41) is 3.46. The SMILES string of the molecule is C=C(CNC(C)C)CN1CCC(N2CCCCC2)C1. The third-order valence-electron chi connectivity index (χ3n) is 4.36. The molecule has 3 heteroatoms. The molecular formula is C16H31N3. The number of nitrogens with zero attached hydrogens (tertiary/aromatic N) is 2. The predicted octanol–water partition coefficient (Wildman–Crippen LogP) is 2.10. The van der Waals surface area contributed by atoms with E-state index in [1.807, 2.05) is 0 Å². The molecule has 3 nitrogen and oxygen atoms in total. The van der Waals surface area contributed by atoms with Crippen molar-refractivity contribution in [2.24, 2.45) is 0 Å². The van der Waals surface area contributed by atoms with Gasteiger partial charge in [0, 0.05) is 38.3 Å². The fourth-order valence-corrected chi connectivity index (χ4v) is 3.26. The summed E-state index contributed by atoms with van der Waals surface area (Å²) in [5.74, 6) is 0. The van der Waals surface area contributed by atoms with Crippen LogP contribution in [0.1, 0.15) is 39.5 Å². The van der Waals surface area contributed by atoms with Crippen LogP contribution in [0, 0.1) is 0 Å². The molecule has 1 unspecified atom stereocenters. The molecule has 19 heavy (non-hydrogen) atoms. The summed E-state index contributed by atoms with van der Waals surface area (Å²) < 4.78 is 0. The molecule has 0 aromatic rings. The minimum absolute atomic E-state index is 0.552. The maximum absolute atomic E-state index is 4.21. The van der Waals surface area contributed by atoms with Gasteiger partial charge in [-0.05, 0) is 37.9 Å². The van der Waals surface area contributed by atoms with Gasteiger partial charge in [-0.15, -0.1) is 0 Å². The molecule has 0 saturated carbocycles. The topological polar surface area (TPSA) is 18.5 Å². The second-order valence-corrected chi connectivity index (χ2v) is 6.56. The molecule has 2 fully saturated rings. The van der Waals surface area contributed by atoms with Crippen LogP contribution in [-0.2, 0) is 0 Å². The Labute approximate surface area is 119 Å². The number of hydrogen-bond donors (Lipinski definition) is 1. The molecule has 0 aromatic carbocycles. The Balaban J connectivity index is 1.68. The molecule has 0 aromatic heterocycles. The minimum atomic E-state index is 0.552. The number of piperidine rings is 1. The van der Waals surface area contributed by atoms with Gasteiger partial charge in [0.25, 0.3) is 0 Å². The van der Waals surface area contributed by atoms with E-state index in [4.69, 9.17) is 0 Å². The van der Waals surface area contributed by atoms with E-state index in [9.17, 15) is 0 Å². The maximum atomic E-state index is 4.21. The van der Waals surface area contributed by atoms with Crippen molar-refractivity contribution in [2.75, 3.05) is 39.3 Å². The van der Waals surface area contributed by atoms with Gasteiger partial charge in [0.2, 0.25) is 0 Å². The minimum Gasteiger partial charge on any atom is -0.311 e. The molecule has 2 aliphatic rings. The maximum Gasteiger partial charge on any atom is 0.0235 e. The second kappa shape index (κ2) is 7.41. The lowest BCUT2D eigenvalue weighted by Gasteiger charge is -2.32. The Hall–Kier alpha value is -0.380. The van der Waals surface area contributed by atoms with E-state index in [0.29, 0.717) is 6.04 Å². The van der Waals surface area contributed by atoms with Gasteiger partial charge in [-0.25, -0.2) is 0 Å². The lowest BCUT2D eigenvalue weighted by atomic mass is 10.1. The summed E-state index contributed by atoms with van der Waals surface area (Å²) in [6, 6.07) is 1.36. The standard InChI is InChI=1S/C16H31N3/c1-14(2)17-11-15(3)12-18-10-7-16(13-18)19-8-5-4-6-9-19/h14,16-17H,3-13H2,1-2H3. The van der Waals surface area contributed by atoms with Gasteiger partial charge in [0.05, 0.1) is 0 Å². The summed E-state index contributed by atoms with van der Waals surface area (Å²) in [6.45, 7) is 15.8. The molecule has 0 amide bonds. The smallest absolute Gasteiger partial charge is 0.0235 e. The molecule has 110 valence electrons. The average molecular weight is 265 g/mol. The number of hydrogen-bond acceptors (Lipinski definition) is 3. The Morgan fingerprint density at radius 1 is 1.21 bits per heavy atom. The van der Waals surface area contributed by atoms with Crippen LogP contribution in [0.3, 0.4) is 0 Å². The van der Waals surface area contributed by atoms with Gasteiger partial charge in [0.1, 0.15) is 0 Å². The van der Waals surface area contributed by atoms with Crippen molar-refractivity contribution in [3.8, 4) is 0 Å². The van der Waals surface area contributed by atoms with Crippen molar-refractivity contribution in [2.45, 2.75) is 51.6 Å². The van der Waals surface area contributed by atoms with E-state index >= 15 is 0 Å². The molecule has 0 spiro atoms. The third-order valence-corrected chi connectivity index (χ3v) is 4.36. The van der Waals surface area contributed by atoms with Crippen molar-refractivity contribution in [1.82, 2.24) is 15.1 Å². The van der Waals surface area contributed by atoms with Crippen molar-refractivity contribution >= 4 is 0 Å². The van der Waals surface area contributed by atoms with E-state index in [2.05, 4.69) is 35.5 Å². The quantitative estimate of drug-likeness (QED) is 0.742. The van der Waals surface area contributed by atoms with Crippen LogP contribution >= 0.6 is 0 Å². The molecule has 1 atom stereocenters. The Morgan fingerprint density at radius 3 is 2.63 bits per heavy atom. The molecular weight excluding hydrogens is 234 g/mol. The highest BCUT2D eigenvalue weighted by atomic mass is 15.3. The first kappa shape index (κ1) is 15.0. The zero-order chi connectivity index (χ0) is 13.7. The first-order valence-corrected chi connectivity index (χ1v) is 8.01. The van der Waals surface area contributed by atoms with Crippen molar-refractivity contribution in [3.63, 3.8) is 0 Å². The molecule has 1 N–H and O–H groups in total. The fraction of sp³-hybridized carbons (Fsp3) is 0.875. The summed E-state index contributed by atoms with van der Waals surface area (Å²) in [6.07, 6.45) is 5.60. The van der Waals surface area contributed by atoms with Crippen LogP contribution in [-0.4, -0.2) is 61.2 Å². The Bertz CT molecular complexity index is 282. The first-order chi connectivity index (χ1) is 9.15. The number of rotatable bonds is 6. The molecule has 2 saturated heterocycles. The number of likely N-dealkylation sites (tertiary alicyclic amines) is 2. The summed E-state index contributed by atoms with van der Waals surface area (Å²) in [5.41, 5.74) is 1.33. The highest BCUT2D eigenvalue weighted by Gasteiger charge is 2.28. The van der Waals surface area contributed by atoms with E-state index in [1.54, 1.807) is 0 Å². The van der Waals surface area contributed by atoms with Crippen molar-refractivity contribution in [3.05, 3.63) is 12.2 Å². The summed E-state index contributed by atoms with van der Waals surface area (Å²) >= 11 is 0. The summed E-state index contributed by atoms with van der Waals surface area (Å²) in [4.78, 5) is 5.31. The first-order valence-electron chi connectivity index (χ1n) is 8.01. The highest BCUT2D eigenvalue weighted by molar-refractivity contribution is 5.02. The predicted molar refractivity (Wildman–Crippen MR) is 82.5 cm³/mol. The van der Waals surface area contributed by atoms with Crippen LogP contribution in [0.15, 0.2) is 12.2 Å². The monoisotopic (exact) mass is 265 g/mol. The average Bonchev–Trinajstić information content (AvgIpc) is 2.86. The van der Waals surface area contributed by atoms with Crippen LogP contribution < -0.4 is 5.32 Å². The van der Waals surface area contributed by atoms with Gasteiger partial charge >= 0.3 is 0 Å².